The highest BCUT2D eigenvalue weighted by molar-refractivity contribution is 5.85. The largest absolute Gasteiger partial charge is 0.342 e. The Bertz CT molecular complexity index is 418. The van der Waals surface area contributed by atoms with E-state index in [1.807, 2.05) is 31.3 Å². The minimum atomic E-state index is -0.180. The first-order valence-corrected chi connectivity index (χ1v) is 6.46. The molecule has 5 nitrogen and oxygen atoms in total. The Morgan fingerprint density at radius 1 is 1.33 bits per heavy atom. The highest BCUT2D eigenvalue weighted by atomic mass is 16.2. The summed E-state index contributed by atoms with van der Waals surface area (Å²) in [5.74, 6) is 0.784. The van der Waals surface area contributed by atoms with Crippen LogP contribution in [-0.4, -0.2) is 47.0 Å². The molecule has 1 saturated heterocycles. The van der Waals surface area contributed by atoms with Crippen molar-refractivity contribution in [1.29, 1.82) is 0 Å². The van der Waals surface area contributed by atoms with Crippen LogP contribution in [0.15, 0.2) is 12.4 Å². The van der Waals surface area contributed by atoms with Crippen LogP contribution in [0, 0.1) is 0 Å². The molecule has 98 valence electrons. The van der Waals surface area contributed by atoms with E-state index in [9.17, 15) is 4.79 Å². The quantitative estimate of drug-likeness (QED) is 0.803. The monoisotopic (exact) mass is 248 g/mol. The van der Waals surface area contributed by atoms with Gasteiger partial charge in [0.05, 0.1) is 0 Å². The number of amides is 1. The summed E-state index contributed by atoms with van der Waals surface area (Å²) >= 11 is 0. The molecule has 0 bridgehead atoms. The molecule has 1 aromatic rings. The van der Waals surface area contributed by atoms with Crippen LogP contribution in [0.1, 0.15) is 25.8 Å². The van der Waals surface area contributed by atoms with Crippen LogP contribution in [0.3, 0.4) is 0 Å². The molecule has 0 aliphatic carbocycles. The molecule has 1 amide bonds. The van der Waals surface area contributed by atoms with Gasteiger partial charge in [0.2, 0.25) is 11.9 Å². The molecular formula is C13H20N4O. The Morgan fingerprint density at radius 2 is 2.00 bits per heavy atom. The molecule has 5 heteroatoms. The van der Waals surface area contributed by atoms with Gasteiger partial charge in [-0.1, -0.05) is 13.3 Å². The third kappa shape index (κ3) is 2.44. The van der Waals surface area contributed by atoms with Gasteiger partial charge in [-0.2, -0.15) is 0 Å². The average Bonchev–Trinajstić information content (AvgIpc) is 2.38. The van der Waals surface area contributed by atoms with Gasteiger partial charge in [0.15, 0.2) is 0 Å². The summed E-state index contributed by atoms with van der Waals surface area (Å²) in [7, 11) is 1.83. The zero-order valence-corrected chi connectivity index (χ0v) is 11.3. The van der Waals surface area contributed by atoms with E-state index in [4.69, 9.17) is 0 Å². The number of aryl methyl sites for hydroxylation is 1. The van der Waals surface area contributed by atoms with Gasteiger partial charge in [-0.05, 0) is 18.9 Å². The first-order chi connectivity index (χ1) is 8.63. The predicted octanol–water partition coefficient (Wildman–Crippen LogP) is 1.10. The number of nitrogens with zero attached hydrogens (tertiary/aromatic N) is 4. The molecule has 0 saturated carbocycles. The van der Waals surface area contributed by atoms with E-state index < -0.39 is 0 Å². The van der Waals surface area contributed by atoms with Crippen molar-refractivity contribution in [3.8, 4) is 0 Å². The maximum absolute atomic E-state index is 11.9. The van der Waals surface area contributed by atoms with Crippen LogP contribution in [0.25, 0.3) is 0 Å². The van der Waals surface area contributed by atoms with Gasteiger partial charge in [-0.15, -0.1) is 0 Å². The fourth-order valence-corrected chi connectivity index (χ4v) is 2.20. The second kappa shape index (κ2) is 5.33. The van der Waals surface area contributed by atoms with Gasteiger partial charge in [0.25, 0.3) is 0 Å². The van der Waals surface area contributed by atoms with Gasteiger partial charge in [0, 0.05) is 32.5 Å². The van der Waals surface area contributed by atoms with Crippen LogP contribution in [0.4, 0.5) is 5.95 Å². The van der Waals surface area contributed by atoms with Gasteiger partial charge < -0.3 is 9.80 Å². The molecule has 1 aliphatic rings. The Kier molecular flexibility index (Phi) is 3.79. The van der Waals surface area contributed by atoms with E-state index >= 15 is 0 Å². The van der Waals surface area contributed by atoms with Gasteiger partial charge >= 0.3 is 0 Å². The van der Waals surface area contributed by atoms with Crippen molar-refractivity contribution in [2.75, 3.05) is 25.0 Å². The SMILES string of the molecule is CCCc1cnc(N2CCN(C)C(=O)C2C)nc1. The number of rotatable bonds is 3. The normalized spacial score (nSPS) is 20.4. The Labute approximate surface area is 108 Å². The van der Waals surface area contributed by atoms with Gasteiger partial charge in [-0.25, -0.2) is 9.97 Å². The summed E-state index contributed by atoms with van der Waals surface area (Å²) < 4.78 is 0. The minimum Gasteiger partial charge on any atom is -0.342 e. The molecule has 0 aromatic carbocycles. The number of anilines is 1. The van der Waals surface area contributed by atoms with Crippen molar-refractivity contribution in [3.05, 3.63) is 18.0 Å². The lowest BCUT2D eigenvalue weighted by Gasteiger charge is -2.37. The third-order valence-corrected chi connectivity index (χ3v) is 3.36. The summed E-state index contributed by atoms with van der Waals surface area (Å²) in [6.45, 7) is 5.55. The maximum atomic E-state index is 11.9. The zero-order valence-electron chi connectivity index (χ0n) is 11.3. The summed E-state index contributed by atoms with van der Waals surface area (Å²) in [6, 6.07) is -0.180. The summed E-state index contributed by atoms with van der Waals surface area (Å²) in [6.07, 6.45) is 5.81. The molecule has 1 aromatic heterocycles. The highest BCUT2D eigenvalue weighted by Gasteiger charge is 2.30. The van der Waals surface area contributed by atoms with E-state index in [-0.39, 0.29) is 11.9 Å². The molecule has 2 heterocycles. The number of likely N-dealkylation sites (N-methyl/N-ethyl adjacent to an activating group) is 1. The molecule has 0 spiro atoms. The van der Waals surface area contributed by atoms with Crippen LogP contribution in [0.2, 0.25) is 0 Å². The number of hydrogen-bond donors (Lipinski definition) is 0. The number of hydrogen-bond acceptors (Lipinski definition) is 4. The molecule has 1 aliphatic heterocycles. The van der Waals surface area contributed by atoms with Gasteiger partial charge in [-0.3, -0.25) is 4.79 Å². The van der Waals surface area contributed by atoms with E-state index in [0.717, 1.165) is 31.5 Å². The number of carbonyl (C=O) groups excluding carboxylic acids is 1. The van der Waals surface area contributed by atoms with Gasteiger partial charge in [0.1, 0.15) is 6.04 Å². The predicted molar refractivity (Wildman–Crippen MR) is 70.5 cm³/mol. The Balaban J connectivity index is 2.13. The van der Waals surface area contributed by atoms with Crippen molar-refractivity contribution in [1.82, 2.24) is 14.9 Å². The van der Waals surface area contributed by atoms with Crippen LogP contribution < -0.4 is 4.90 Å². The van der Waals surface area contributed by atoms with Crippen molar-refractivity contribution in [3.63, 3.8) is 0 Å². The number of aromatic nitrogens is 2. The lowest BCUT2D eigenvalue weighted by Crippen LogP contribution is -2.55. The first-order valence-electron chi connectivity index (χ1n) is 6.46. The fraction of sp³-hybridized carbons (Fsp3) is 0.615. The molecule has 2 rings (SSSR count). The zero-order chi connectivity index (χ0) is 13.1. The molecule has 18 heavy (non-hydrogen) atoms. The highest BCUT2D eigenvalue weighted by Crippen LogP contribution is 2.16. The van der Waals surface area contributed by atoms with Crippen molar-refractivity contribution in [2.24, 2.45) is 0 Å². The second-order valence-corrected chi connectivity index (χ2v) is 4.77. The Hall–Kier alpha value is -1.65. The molecule has 1 atom stereocenters. The molecule has 1 unspecified atom stereocenters. The van der Waals surface area contributed by atoms with E-state index in [2.05, 4.69) is 16.9 Å². The lowest BCUT2D eigenvalue weighted by molar-refractivity contribution is -0.132. The Morgan fingerprint density at radius 3 is 2.61 bits per heavy atom. The van der Waals surface area contributed by atoms with Crippen LogP contribution in [0.5, 0.6) is 0 Å². The molecular weight excluding hydrogens is 228 g/mol. The lowest BCUT2D eigenvalue weighted by atomic mass is 10.2. The summed E-state index contributed by atoms with van der Waals surface area (Å²) in [4.78, 5) is 24.4. The smallest absolute Gasteiger partial charge is 0.244 e. The number of carbonyl (C=O) groups is 1. The standard InChI is InChI=1S/C13H20N4O/c1-4-5-11-8-14-13(15-9-11)17-7-6-16(3)12(18)10(17)2/h8-10H,4-7H2,1-3H3. The van der Waals surface area contributed by atoms with Crippen molar-refractivity contribution in [2.45, 2.75) is 32.7 Å². The maximum Gasteiger partial charge on any atom is 0.244 e. The average molecular weight is 248 g/mol. The van der Waals surface area contributed by atoms with E-state index in [1.54, 1.807) is 4.90 Å². The van der Waals surface area contributed by atoms with Crippen molar-refractivity contribution >= 4 is 11.9 Å². The molecule has 0 radical (unpaired) electrons. The third-order valence-electron chi connectivity index (χ3n) is 3.36. The number of piperazine rings is 1. The summed E-state index contributed by atoms with van der Waals surface area (Å²) in [5, 5.41) is 0. The summed E-state index contributed by atoms with van der Waals surface area (Å²) in [5.41, 5.74) is 1.15. The first kappa shape index (κ1) is 12.8. The second-order valence-electron chi connectivity index (χ2n) is 4.77. The fourth-order valence-electron chi connectivity index (χ4n) is 2.20. The molecule has 0 N–H and O–H groups in total. The van der Waals surface area contributed by atoms with Crippen LogP contribution in [-0.2, 0) is 11.2 Å². The van der Waals surface area contributed by atoms with E-state index in [1.165, 1.54) is 0 Å². The topological polar surface area (TPSA) is 49.3 Å². The molecule has 1 fully saturated rings. The van der Waals surface area contributed by atoms with Crippen LogP contribution >= 0.6 is 0 Å². The van der Waals surface area contributed by atoms with Crippen molar-refractivity contribution < 1.29 is 4.79 Å². The van der Waals surface area contributed by atoms with E-state index in [0.29, 0.717) is 5.95 Å². The minimum absolute atomic E-state index is 0.127.